The fourth-order valence-electron chi connectivity index (χ4n) is 2.89. The van der Waals surface area contributed by atoms with E-state index in [1.807, 2.05) is 24.3 Å². The second-order valence-corrected chi connectivity index (χ2v) is 7.95. The first-order valence-electron chi connectivity index (χ1n) is 7.88. The number of furan rings is 1. The lowest BCUT2D eigenvalue weighted by atomic mass is 9.94. The quantitative estimate of drug-likeness (QED) is 0.801. The van der Waals surface area contributed by atoms with Crippen LogP contribution in [0.15, 0.2) is 40.8 Å². The number of nitrogens with one attached hydrogen (secondary N) is 1. The van der Waals surface area contributed by atoms with Gasteiger partial charge in [0.25, 0.3) is 5.91 Å². The van der Waals surface area contributed by atoms with Crippen molar-refractivity contribution in [3.8, 4) is 0 Å². The van der Waals surface area contributed by atoms with Gasteiger partial charge in [0.15, 0.2) is 5.76 Å². The lowest BCUT2D eigenvalue weighted by molar-refractivity contribution is -0.142. The van der Waals surface area contributed by atoms with Crippen molar-refractivity contribution in [1.29, 1.82) is 0 Å². The van der Waals surface area contributed by atoms with Crippen LogP contribution in [0.2, 0.25) is 0 Å². The van der Waals surface area contributed by atoms with E-state index in [9.17, 15) is 23.1 Å². The summed E-state index contributed by atoms with van der Waals surface area (Å²) in [5.41, 5.74) is 1.80. The lowest BCUT2D eigenvalue weighted by Gasteiger charge is -2.33. The minimum Gasteiger partial charge on any atom is -0.480 e. The molecule has 0 saturated heterocycles. The molecule has 8 nitrogen and oxygen atoms in total. The molecule has 1 aromatic carbocycles. The van der Waals surface area contributed by atoms with E-state index in [4.69, 9.17) is 4.42 Å². The SMILES string of the molecule is CS(=O)(=O)NCc1ccc(C(=O)N2Cc3ccccc3CC2C(=O)O)o1. The molecule has 1 unspecified atom stereocenters. The number of aliphatic carboxylic acids is 1. The maximum Gasteiger partial charge on any atom is 0.326 e. The van der Waals surface area contributed by atoms with E-state index in [1.54, 1.807) is 0 Å². The summed E-state index contributed by atoms with van der Waals surface area (Å²) in [4.78, 5) is 25.7. The van der Waals surface area contributed by atoms with Gasteiger partial charge in [-0.25, -0.2) is 17.9 Å². The Hall–Kier alpha value is -2.65. The van der Waals surface area contributed by atoms with Crippen LogP contribution >= 0.6 is 0 Å². The second kappa shape index (κ2) is 6.93. The van der Waals surface area contributed by atoms with E-state index in [-0.39, 0.29) is 31.0 Å². The standard InChI is InChI=1S/C17H18N2O6S/c1-26(23,24)18-9-13-6-7-15(25-13)16(20)19-10-12-5-3-2-4-11(12)8-14(19)17(21)22/h2-7,14,18H,8-10H2,1H3,(H,21,22). The summed E-state index contributed by atoms with van der Waals surface area (Å²) < 4.78 is 29.9. The zero-order valence-corrected chi connectivity index (χ0v) is 14.8. The van der Waals surface area contributed by atoms with Gasteiger partial charge < -0.3 is 14.4 Å². The van der Waals surface area contributed by atoms with E-state index in [0.717, 1.165) is 17.4 Å². The number of carboxylic acid groups (broad SMARTS) is 1. The molecular formula is C17H18N2O6S. The maximum absolute atomic E-state index is 12.8. The van der Waals surface area contributed by atoms with Crippen LogP contribution in [0.1, 0.15) is 27.4 Å². The number of carbonyl (C=O) groups excluding carboxylic acids is 1. The molecule has 1 amide bonds. The first-order valence-corrected chi connectivity index (χ1v) is 9.77. The molecule has 26 heavy (non-hydrogen) atoms. The van der Waals surface area contributed by atoms with Crippen LogP contribution in [0.25, 0.3) is 0 Å². The Bertz CT molecular complexity index is 950. The molecule has 3 rings (SSSR count). The van der Waals surface area contributed by atoms with Gasteiger partial charge in [0, 0.05) is 13.0 Å². The number of benzene rings is 1. The summed E-state index contributed by atoms with van der Waals surface area (Å²) in [5, 5.41) is 9.51. The predicted molar refractivity (Wildman–Crippen MR) is 91.8 cm³/mol. The van der Waals surface area contributed by atoms with Crippen molar-refractivity contribution in [2.75, 3.05) is 6.26 Å². The van der Waals surface area contributed by atoms with E-state index in [1.165, 1.54) is 17.0 Å². The second-order valence-electron chi connectivity index (χ2n) is 6.12. The van der Waals surface area contributed by atoms with Crippen molar-refractivity contribution >= 4 is 21.9 Å². The highest BCUT2D eigenvalue weighted by Gasteiger charge is 2.36. The molecule has 0 spiro atoms. The average Bonchev–Trinajstić information content (AvgIpc) is 3.06. The van der Waals surface area contributed by atoms with Crippen molar-refractivity contribution in [1.82, 2.24) is 9.62 Å². The predicted octanol–water partition coefficient (Wildman–Crippen LogP) is 0.980. The first-order chi connectivity index (χ1) is 12.2. The fraction of sp³-hybridized carbons (Fsp3) is 0.294. The molecule has 0 radical (unpaired) electrons. The zero-order chi connectivity index (χ0) is 18.9. The van der Waals surface area contributed by atoms with Crippen molar-refractivity contribution in [2.45, 2.75) is 25.6 Å². The summed E-state index contributed by atoms with van der Waals surface area (Å²) >= 11 is 0. The van der Waals surface area contributed by atoms with Gasteiger partial charge in [0.05, 0.1) is 12.8 Å². The molecule has 1 aromatic heterocycles. The summed E-state index contributed by atoms with van der Waals surface area (Å²) in [6.07, 6.45) is 1.24. The van der Waals surface area contributed by atoms with Gasteiger partial charge >= 0.3 is 5.97 Å². The maximum atomic E-state index is 12.8. The van der Waals surface area contributed by atoms with Gasteiger partial charge in [-0.1, -0.05) is 24.3 Å². The number of rotatable bonds is 5. The number of amides is 1. The Labute approximate surface area is 150 Å². The Morgan fingerprint density at radius 3 is 2.58 bits per heavy atom. The van der Waals surface area contributed by atoms with E-state index >= 15 is 0 Å². The van der Waals surface area contributed by atoms with Crippen LogP contribution in [0, 0.1) is 0 Å². The minimum atomic E-state index is -3.39. The Morgan fingerprint density at radius 1 is 1.23 bits per heavy atom. The normalized spacial score (nSPS) is 17.0. The number of hydrogen-bond donors (Lipinski definition) is 2. The van der Waals surface area contributed by atoms with E-state index in [0.29, 0.717) is 0 Å². The molecule has 138 valence electrons. The summed E-state index contributed by atoms with van der Waals surface area (Å²) in [5.74, 6) is -1.39. The largest absolute Gasteiger partial charge is 0.480 e. The van der Waals surface area contributed by atoms with Crippen LogP contribution < -0.4 is 4.72 Å². The Morgan fingerprint density at radius 2 is 1.92 bits per heavy atom. The highest BCUT2D eigenvalue weighted by atomic mass is 32.2. The molecular weight excluding hydrogens is 360 g/mol. The smallest absolute Gasteiger partial charge is 0.326 e. The van der Waals surface area contributed by atoms with Crippen molar-refractivity contribution in [3.63, 3.8) is 0 Å². The van der Waals surface area contributed by atoms with E-state index < -0.39 is 27.9 Å². The van der Waals surface area contributed by atoms with Gasteiger partial charge in [-0.2, -0.15) is 0 Å². The number of carbonyl (C=O) groups is 2. The van der Waals surface area contributed by atoms with Gasteiger partial charge in [-0.15, -0.1) is 0 Å². The number of carboxylic acids is 1. The number of hydrogen-bond acceptors (Lipinski definition) is 5. The molecule has 1 aliphatic rings. The highest BCUT2D eigenvalue weighted by molar-refractivity contribution is 7.88. The van der Waals surface area contributed by atoms with Crippen LogP contribution in [-0.2, 0) is 34.3 Å². The molecule has 2 heterocycles. The molecule has 1 atom stereocenters. The van der Waals surface area contributed by atoms with Crippen molar-refractivity contribution in [3.05, 3.63) is 59.0 Å². The molecule has 0 aliphatic carbocycles. The third kappa shape index (κ3) is 3.94. The third-order valence-corrected chi connectivity index (χ3v) is 4.84. The zero-order valence-electron chi connectivity index (χ0n) is 14.0. The molecule has 0 bridgehead atoms. The molecule has 0 fully saturated rings. The van der Waals surface area contributed by atoms with Crippen LogP contribution in [0.4, 0.5) is 0 Å². The average molecular weight is 378 g/mol. The minimum absolute atomic E-state index is 0.0269. The topological polar surface area (TPSA) is 117 Å². The molecule has 2 N–H and O–H groups in total. The molecule has 2 aromatic rings. The van der Waals surface area contributed by atoms with Crippen molar-refractivity contribution in [2.24, 2.45) is 0 Å². The summed E-state index contributed by atoms with van der Waals surface area (Å²) in [6.45, 7) is 0.0842. The monoisotopic (exact) mass is 378 g/mol. The van der Waals surface area contributed by atoms with E-state index in [2.05, 4.69) is 4.72 Å². The van der Waals surface area contributed by atoms with Crippen molar-refractivity contribution < 1.29 is 27.5 Å². The van der Waals surface area contributed by atoms with Crippen LogP contribution in [-0.4, -0.2) is 42.6 Å². The third-order valence-electron chi connectivity index (χ3n) is 4.18. The number of fused-ring (bicyclic) bond motifs is 1. The van der Waals surface area contributed by atoms with Gasteiger partial charge in [-0.05, 0) is 23.3 Å². The molecule has 1 aliphatic heterocycles. The number of nitrogens with zero attached hydrogens (tertiary/aromatic N) is 1. The van der Waals surface area contributed by atoms with Gasteiger partial charge in [0.2, 0.25) is 10.0 Å². The Kier molecular flexibility index (Phi) is 4.84. The Balaban J connectivity index is 1.82. The molecule has 9 heteroatoms. The lowest BCUT2D eigenvalue weighted by Crippen LogP contribution is -2.48. The van der Waals surface area contributed by atoms with Crippen LogP contribution in [0.3, 0.4) is 0 Å². The van der Waals surface area contributed by atoms with Crippen LogP contribution in [0.5, 0.6) is 0 Å². The highest BCUT2D eigenvalue weighted by Crippen LogP contribution is 2.25. The first kappa shape index (κ1) is 18.2. The number of sulfonamides is 1. The molecule has 0 saturated carbocycles. The van der Waals surface area contributed by atoms with Gasteiger partial charge in [0.1, 0.15) is 11.8 Å². The summed E-state index contributed by atoms with van der Waals surface area (Å²) in [7, 11) is -3.39. The summed E-state index contributed by atoms with van der Waals surface area (Å²) in [6, 6.07) is 9.31. The van der Waals surface area contributed by atoms with Gasteiger partial charge in [-0.3, -0.25) is 4.79 Å². The fourth-order valence-corrected chi connectivity index (χ4v) is 3.29.